The third kappa shape index (κ3) is 11.6. The van der Waals surface area contributed by atoms with E-state index in [0.29, 0.717) is 0 Å². The second kappa shape index (κ2) is 19.5. The fourth-order valence-electron chi connectivity index (χ4n) is 6.21. The highest BCUT2D eigenvalue weighted by molar-refractivity contribution is 6.76. The van der Waals surface area contributed by atoms with Crippen LogP contribution in [0.5, 0.6) is 0 Å². The van der Waals surface area contributed by atoms with Crippen LogP contribution < -0.4 is 0 Å². The molecule has 2 heterocycles. The number of carbonyl (C=O) groups excluding carboxylic acids is 2. The summed E-state index contributed by atoms with van der Waals surface area (Å²) in [5.74, 6) is -2.21. The fraction of sp³-hybridized carbons (Fsp3) is 0.462. The molecule has 3 aromatic carbocycles. The number of ether oxygens (including phenoxy) is 9. The number of carbonyl (C=O) groups is 2. The van der Waals surface area contributed by atoms with Crippen LogP contribution in [0.3, 0.4) is 0 Å². The second-order valence-electron chi connectivity index (χ2n) is 12.9. The van der Waals surface area contributed by atoms with Crippen molar-refractivity contribution in [1.29, 1.82) is 5.41 Å². The van der Waals surface area contributed by atoms with Gasteiger partial charge in [0.15, 0.2) is 18.5 Å². The first kappa shape index (κ1) is 41.9. The third-order valence-corrected chi connectivity index (χ3v) is 9.21. The second-order valence-corrected chi connectivity index (χ2v) is 15.2. The lowest BCUT2D eigenvalue weighted by Gasteiger charge is -2.49. The van der Waals surface area contributed by atoms with Gasteiger partial charge in [-0.25, -0.2) is 0 Å². The van der Waals surface area contributed by atoms with Crippen molar-refractivity contribution in [2.75, 3.05) is 0 Å². The molecular weight excluding hydrogens is 765 g/mol. The maximum atomic E-state index is 12.5. The quantitative estimate of drug-likeness (QED) is 0.0792. The molecule has 5 rings (SSSR count). The Morgan fingerprint density at radius 2 is 0.981 bits per heavy atom. The Kier molecular flexibility index (Phi) is 15.1. The van der Waals surface area contributed by atoms with Crippen molar-refractivity contribution in [3.63, 3.8) is 0 Å². The zero-order valence-corrected chi connectivity index (χ0v) is 32.4. The van der Waals surface area contributed by atoms with Crippen LogP contribution in [0.1, 0.15) is 44.4 Å². The standard InChI is InChI=1S/C39H44Cl3NO11/c1-23-30(46-20-27-14-8-5-9-15-27)32(47-21-28-16-10-6-11-17-28)34(48-22-29-18-12-7-13-19-29)36(49-23)53-33-31(51-25(3)44)24(2)50-37(35(33)52-26(4)45)54-38(43)39(40,41)42/h5-19,23-24,30-37,43H,20-22H2,1-4H3/t23-,24-,30-,31-,32+,33+,34+,35+,36-,37-/m0/s1. The molecule has 0 bridgehead atoms. The highest BCUT2D eigenvalue weighted by Crippen LogP contribution is 2.37. The number of nitrogens with one attached hydrogen (secondary N) is 1. The summed E-state index contributed by atoms with van der Waals surface area (Å²) < 4.78 is 53.8. The van der Waals surface area contributed by atoms with E-state index in [-0.39, 0.29) is 19.8 Å². The van der Waals surface area contributed by atoms with Crippen LogP contribution in [0.15, 0.2) is 91.0 Å². The Hall–Kier alpha value is -3.30. The molecule has 0 unspecified atom stereocenters. The summed E-state index contributed by atoms with van der Waals surface area (Å²) in [6.45, 7) is 6.41. The Labute approximate surface area is 329 Å². The van der Waals surface area contributed by atoms with Crippen molar-refractivity contribution in [3.05, 3.63) is 108 Å². The van der Waals surface area contributed by atoms with E-state index in [0.717, 1.165) is 16.7 Å². The van der Waals surface area contributed by atoms with Gasteiger partial charge in [0, 0.05) is 13.8 Å². The van der Waals surface area contributed by atoms with Gasteiger partial charge in [0.1, 0.15) is 24.4 Å². The lowest BCUT2D eigenvalue weighted by Crippen LogP contribution is -2.65. The highest BCUT2D eigenvalue weighted by Gasteiger charge is 2.55. The minimum absolute atomic E-state index is 0.136. The van der Waals surface area contributed by atoms with Gasteiger partial charge in [-0.3, -0.25) is 15.0 Å². The van der Waals surface area contributed by atoms with Gasteiger partial charge in [0.05, 0.1) is 32.0 Å². The summed E-state index contributed by atoms with van der Waals surface area (Å²) in [5, 5.41) is 8.22. The van der Waals surface area contributed by atoms with Gasteiger partial charge < -0.3 is 42.6 Å². The van der Waals surface area contributed by atoms with Crippen LogP contribution in [0.4, 0.5) is 0 Å². The molecule has 2 fully saturated rings. The smallest absolute Gasteiger partial charge is 0.303 e. The van der Waals surface area contributed by atoms with Crippen molar-refractivity contribution in [2.24, 2.45) is 0 Å². The summed E-state index contributed by atoms with van der Waals surface area (Å²) in [6, 6.07) is 28.9. The number of benzene rings is 3. The van der Waals surface area contributed by atoms with E-state index in [4.69, 9.17) is 82.8 Å². The number of hydrogen-bond acceptors (Lipinski definition) is 12. The summed E-state index contributed by atoms with van der Waals surface area (Å²) in [7, 11) is 0. The number of esters is 2. The molecular formula is C39H44Cl3NO11. The van der Waals surface area contributed by atoms with Crippen molar-refractivity contribution in [3.8, 4) is 0 Å². The first-order valence-electron chi connectivity index (χ1n) is 17.4. The molecule has 54 heavy (non-hydrogen) atoms. The zero-order valence-electron chi connectivity index (χ0n) is 30.2. The zero-order chi connectivity index (χ0) is 38.8. The highest BCUT2D eigenvalue weighted by atomic mass is 35.6. The minimum atomic E-state index is -2.27. The first-order chi connectivity index (χ1) is 25.8. The van der Waals surface area contributed by atoms with Gasteiger partial charge in [0.25, 0.3) is 3.79 Å². The number of hydrogen-bond donors (Lipinski definition) is 1. The predicted molar refractivity (Wildman–Crippen MR) is 199 cm³/mol. The molecule has 0 saturated carbocycles. The topological polar surface area (TPSA) is 141 Å². The van der Waals surface area contributed by atoms with Crippen LogP contribution in [-0.4, -0.2) is 83.0 Å². The maximum Gasteiger partial charge on any atom is 0.303 e. The summed E-state index contributed by atoms with van der Waals surface area (Å²) in [5.41, 5.74) is 2.73. The fourth-order valence-corrected chi connectivity index (χ4v) is 6.34. The van der Waals surface area contributed by atoms with Crippen molar-refractivity contribution >= 4 is 52.6 Å². The summed E-state index contributed by atoms with van der Waals surface area (Å²) in [4.78, 5) is 25.0. The largest absolute Gasteiger partial charge is 0.457 e. The molecule has 10 atom stereocenters. The van der Waals surface area contributed by atoms with Gasteiger partial charge in [0.2, 0.25) is 12.2 Å². The number of halogens is 3. The Morgan fingerprint density at radius 1 is 0.574 bits per heavy atom. The van der Waals surface area contributed by atoms with E-state index in [1.807, 2.05) is 97.9 Å². The SMILES string of the molecule is CC(=O)O[C@@H]1[C@@H](O[C@@H]2O[C@@H](C)[C@H](OCc3ccccc3)[C@@H](OCc3ccccc3)[C@H]2OCc2ccccc2)[C@@H](OC(C)=O)[C@H](OC(=N)C(Cl)(Cl)Cl)O[C@H]1C. The van der Waals surface area contributed by atoms with Crippen molar-refractivity contribution in [2.45, 2.75) is 113 Å². The Bertz CT molecular complexity index is 1650. The molecule has 2 saturated heterocycles. The minimum Gasteiger partial charge on any atom is -0.457 e. The Balaban J connectivity index is 1.53. The molecule has 0 aliphatic carbocycles. The first-order valence-corrected chi connectivity index (χ1v) is 18.5. The molecule has 0 amide bonds. The van der Waals surface area contributed by atoms with Crippen LogP contribution in [-0.2, 0) is 72.0 Å². The third-order valence-electron chi connectivity index (χ3n) is 8.70. The summed E-state index contributed by atoms with van der Waals surface area (Å²) in [6.07, 6.45) is -10.7. The van der Waals surface area contributed by atoms with Gasteiger partial charge in [-0.1, -0.05) is 126 Å². The van der Waals surface area contributed by atoms with E-state index in [2.05, 4.69) is 0 Å². The molecule has 1 N–H and O–H groups in total. The molecule has 12 nitrogen and oxygen atoms in total. The maximum absolute atomic E-state index is 12.5. The number of rotatable bonds is 14. The molecule has 292 valence electrons. The van der Waals surface area contributed by atoms with E-state index < -0.39 is 83.0 Å². The van der Waals surface area contributed by atoms with Crippen LogP contribution in [0, 0.1) is 5.41 Å². The van der Waals surface area contributed by atoms with E-state index >= 15 is 0 Å². The van der Waals surface area contributed by atoms with Crippen LogP contribution in [0.25, 0.3) is 0 Å². The van der Waals surface area contributed by atoms with E-state index in [1.165, 1.54) is 13.8 Å². The molecule has 2 aliphatic rings. The van der Waals surface area contributed by atoms with Gasteiger partial charge >= 0.3 is 11.9 Å². The average Bonchev–Trinajstić information content (AvgIpc) is 3.13. The van der Waals surface area contributed by atoms with Crippen LogP contribution in [0.2, 0.25) is 0 Å². The molecule has 15 heteroatoms. The molecule has 0 spiro atoms. The van der Waals surface area contributed by atoms with E-state index in [1.54, 1.807) is 6.92 Å². The normalized spacial score (nSPS) is 28.5. The van der Waals surface area contributed by atoms with Gasteiger partial charge in [-0.05, 0) is 30.5 Å². The molecule has 0 radical (unpaired) electrons. The molecule has 2 aliphatic heterocycles. The lowest BCUT2D eigenvalue weighted by molar-refractivity contribution is -0.361. The molecule has 3 aromatic rings. The van der Waals surface area contributed by atoms with E-state index in [9.17, 15) is 9.59 Å². The van der Waals surface area contributed by atoms with Crippen molar-refractivity contribution < 1.29 is 52.2 Å². The Morgan fingerprint density at radius 3 is 1.44 bits per heavy atom. The van der Waals surface area contributed by atoms with Gasteiger partial charge in [-0.2, -0.15) is 0 Å². The van der Waals surface area contributed by atoms with Crippen LogP contribution >= 0.6 is 34.8 Å². The number of alkyl halides is 3. The molecule has 0 aromatic heterocycles. The lowest BCUT2D eigenvalue weighted by atomic mass is 9.96. The summed E-state index contributed by atoms with van der Waals surface area (Å²) >= 11 is 17.8. The predicted octanol–water partition coefficient (Wildman–Crippen LogP) is 6.84. The monoisotopic (exact) mass is 807 g/mol. The van der Waals surface area contributed by atoms with Crippen molar-refractivity contribution in [1.82, 2.24) is 0 Å². The van der Waals surface area contributed by atoms with Gasteiger partial charge in [-0.15, -0.1) is 0 Å². The average molecular weight is 809 g/mol.